The molecule has 0 amide bonds. The zero-order chi connectivity index (χ0) is 21.7. The van der Waals surface area contributed by atoms with Crippen molar-refractivity contribution in [3.05, 3.63) is 76.4 Å². The van der Waals surface area contributed by atoms with E-state index >= 15 is 0 Å². The zero-order valence-electron chi connectivity index (χ0n) is 18.6. The summed E-state index contributed by atoms with van der Waals surface area (Å²) < 4.78 is 18.1. The number of carbonyl (C=O) groups excluding carboxylic acids is 1. The Morgan fingerprint density at radius 3 is 2.50 bits per heavy atom. The highest BCUT2D eigenvalue weighted by Crippen LogP contribution is 2.31. The number of Topliss-reactive ketones (excluding diaryl/α,β-unsaturated/α-hetero) is 1. The predicted molar refractivity (Wildman–Crippen MR) is 119 cm³/mol. The van der Waals surface area contributed by atoms with Gasteiger partial charge in [0.1, 0.15) is 6.10 Å². The average molecular weight is 409 g/mol. The third kappa shape index (κ3) is 5.88. The molecule has 4 nitrogen and oxygen atoms in total. The molecule has 0 radical (unpaired) electrons. The SMILES string of the molecule is CC(=O)c1c(C)cc(C)cc1/C=C/C[C@@H]1OC(C)(C)OC1COCc1ccccc1. The smallest absolute Gasteiger partial charge is 0.163 e. The summed E-state index contributed by atoms with van der Waals surface area (Å²) in [4.78, 5) is 12.1. The van der Waals surface area contributed by atoms with E-state index < -0.39 is 5.79 Å². The van der Waals surface area contributed by atoms with Gasteiger partial charge < -0.3 is 14.2 Å². The molecule has 1 unspecified atom stereocenters. The fourth-order valence-electron chi connectivity index (χ4n) is 4.06. The molecule has 0 N–H and O–H groups in total. The van der Waals surface area contributed by atoms with Crippen LogP contribution >= 0.6 is 0 Å². The number of benzene rings is 2. The molecule has 1 heterocycles. The third-order valence-electron chi connectivity index (χ3n) is 5.21. The molecule has 4 heteroatoms. The molecule has 30 heavy (non-hydrogen) atoms. The zero-order valence-corrected chi connectivity index (χ0v) is 18.6. The maximum absolute atomic E-state index is 12.1. The monoisotopic (exact) mass is 408 g/mol. The lowest BCUT2D eigenvalue weighted by molar-refractivity contribution is -0.151. The predicted octanol–water partition coefficient (Wildman–Crippen LogP) is 5.65. The van der Waals surface area contributed by atoms with E-state index in [2.05, 4.69) is 12.1 Å². The van der Waals surface area contributed by atoms with Crippen LogP contribution in [0.2, 0.25) is 0 Å². The maximum atomic E-state index is 12.1. The van der Waals surface area contributed by atoms with E-state index in [0.717, 1.165) is 27.8 Å². The highest BCUT2D eigenvalue weighted by atomic mass is 16.8. The van der Waals surface area contributed by atoms with Crippen molar-refractivity contribution in [2.24, 2.45) is 0 Å². The van der Waals surface area contributed by atoms with E-state index in [1.807, 2.05) is 70.2 Å². The number of ether oxygens (including phenoxy) is 3. The summed E-state index contributed by atoms with van der Waals surface area (Å²) in [6.07, 6.45) is 4.54. The highest BCUT2D eigenvalue weighted by Gasteiger charge is 2.40. The van der Waals surface area contributed by atoms with Crippen LogP contribution in [0, 0.1) is 13.8 Å². The number of rotatable bonds is 8. The van der Waals surface area contributed by atoms with Gasteiger partial charge in [-0.25, -0.2) is 0 Å². The van der Waals surface area contributed by atoms with Crippen molar-refractivity contribution in [2.45, 2.75) is 65.6 Å². The molecule has 2 atom stereocenters. The lowest BCUT2D eigenvalue weighted by Gasteiger charge is -2.16. The number of carbonyl (C=O) groups is 1. The first-order chi connectivity index (χ1) is 14.2. The number of ketones is 1. The van der Waals surface area contributed by atoms with E-state index in [9.17, 15) is 4.79 Å². The van der Waals surface area contributed by atoms with Gasteiger partial charge in [-0.1, -0.05) is 60.2 Å². The van der Waals surface area contributed by atoms with Crippen LogP contribution in [0.15, 0.2) is 48.5 Å². The van der Waals surface area contributed by atoms with E-state index in [1.54, 1.807) is 6.92 Å². The summed E-state index contributed by atoms with van der Waals surface area (Å²) in [6, 6.07) is 14.2. The average Bonchev–Trinajstić information content (AvgIpc) is 2.95. The topological polar surface area (TPSA) is 44.8 Å². The fourth-order valence-corrected chi connectivity index (χ4v) is 4.06. The lowest BCUT2D eigenvalue weighted by atomic mass is 9.95. The van der Waals surface area contributed by atoms with Crippen molar-refractivity contribution in [1.82, 2.24) is 0 Å². The molecule has 1 aliphatic rings. The Balaban J connectivity index is 1.64. The van der Waals surface area contributed by atoms with E-state index in [1.165, 1.54) is 0 Å². The summed E-state index contributed by atoms with van der Waals surface area (Å²) in [6.45, 7) is 10.5. The summed E-state index contributed by atoms with van der Waals surface area (Å²) in [5.74, 6) is -0.551. The second-order valence-corrected chi connectivity index (χ2v) is 8.45. The first kappa shape index (κ1) is 22.4. The molecule has 0 spiro atoms. The second kappa shape index (κ2) is 9.69. The van der Waals surface area contributed by atoms with Crippen molar-refractivity contribution in [1.29, 1.82) is 0 Å². The minimum Gasteiger partial charge on any atom is -0.374 e. The van der Waals surface area contributed by atoms with Gasteiger partial charge in [0.25, 0.3) is 0 Å². The minimum atomic E-state index is -0.635. The van der Waals surface area contributed by atoms with Gasteiger partial charge >= 0.3 is 0 Å². The van der Waals surface area contributed by atoms with Crippen LogP contribution in [0.5, 0.6) is 0 Å². The van der Waals surface area contributed by atoms with Gasteiger partial charge in [-0.2, -0.15) is 0 Å². The van der Waals surface area contributed by atoms with Crippen molar-refractivity contribution in [3.63, 3.8) is 0 Å². The first-order valence-electron chi connectivity index (χ1n) is 10.5. The lowest BCUT2D eigenvalue weighted by Crippen LogP contribution is -2.27. The molecular formula is C26H32O4. The molecule has 0 aromatic heterocycles. The van der Waals surface area contributed by atoms with Crippen LogP contribution < -0.4 is 0 Å². The number of hydrogen-bond acceptors (Lipinski definition) is 4. The summed E-state index contributed by atoms with van der Waals surface area (Å²) >= 11 is 0. The summed E-state index contributed by atoms with van der Waals surface area (Å²) in [5.41, 5.74) is 5.03. The Hall–Kier alpha value is -2.27. The Kier molecular flexibility index (Phi) is 7.24. The van der Waals surface area contributed by atoms with Gasteiger partial charge in [-0.3, -0.25) is 4.79 Å². The molecule has 0 bridgehead atoms. The summed E-state index contributed by atoms with van der Waals surface area (Å²) in [5, 5.41) is 0. The molecule has 2 aromatic carbocycles. The van der Waals surface area contributed by atoms with E-state index in [0.29, 0.717) is 19.6 Å². The molecule has 3 rings (SSSR count). The quantitative estimate of drug-likeness (QED) is 0.530. The van der Waals surface area contributed by atoms with Crippen LogP contribution in [-0.4, -0.2) is 30.4 Å². The van der Waals surface area contributed by atoms with Crippen molar-refractivity contribution < 1.29 is 19.0 Å². The van der Waals surface area contributed by atoms with Gasteiger partial charge in [0.15, 0.2) is 11.6 Å². The third-order valence-corrected chi connectivity index (χ3v) is 5.21. The standard InChI is InChI=1S/C26H32O4/c1-18-14-19(2)25(20(3)27)22(15-18)12-9-13-23-24(30-26(4,5)29-23)17-28-16-21-10-7-6-8-11-21/h6-12,14-15,23-24H,13,16-17H2,1-5H3/b12-9+/t23-,24?/m0/s1. The van der Waals surface area contributed by atoms with Crippen LogP contribution in [0.4, 0.5) is 0 Å². The molecule has 1 aliphatic heterocycles. The Labute approximate surface area is 179 Å². The van der Waals surface area contributed by atoms with Gasteiger partial charge in [0, 0.05) is 5.56 Å². The molecule has 2 aromatic rings. The first-order valence-corrected chi connectivity index (χ1v) is 10.5. The van der Waals surface area contributed by atoms with Gasteiger partial charge in [0.05, 0.1) is 19.3 Å². The van der Waals surface area contributed by atoms with E-state index in [4.69, 9.17) is 14.2 Å². The molecule has 0 aliphatic carbocycles. The molecule has 1 fully saturated rings. The van der Waals surface area contributed by atoms with Gasteiger partial charge in [-0.15, -0.1) is 0 Å². The van der Waals surface area contributed by atoms with Crippen LogP contribution in [0.25, 0.3) is 6.08 Å². The molecular weight excluding hydrogens is 376 g/mol. The Morgan fingerprint density at radius 1 is 1.10 bits per heavy atom. The fraction of sp³-hybridized carbons (Fsp3) is 0.423. The number of aryl methyl sites for hydroxylation is 2. The molecule has 160 valence electrons. The maximum Gasteiger partial charge on any atom is 0.163 e. The molecule has 0 saturated carbocycles. The highest BCUT2D eigenvalue weighted by molar-refractivity contribution is 5.99. The Bertz CT molecular complexity index is 899. The summed E-state index contributed by atoms with van der Waals surface area (Å²) in [7, 11) is 0. The van der Waals surface area contributed by atoms with Crippen LogP contribution in [-0.2, 0) is 20.8 Å². The van der Waals surface area contributed by atoms with E-state index in [-0.39, 0.29) is 18.0 Å². The van der Waals surface area contributed by atoms with Crippen molar-refractivity contribution >= 4 is 11.9 Å². The normalized spacial score (nSPS) is 20.7. The van der Waals surface area contributed by atoms with Crippen LogP contribution in [0.3, 0.4) is 0 Å². The minimum absolute atomic E-state index is 0.0842. The van der Waals surface area contributed by atoms with Gasteiger partial charge in [0.2, 0.25) is 0 Å². The van der Waals surface area contributed by atoms with Crippen molar-refractivity contribution in [3.8, 4) is 0 Å². The number of hydrogen-bond donors (Lipinski definition) is 0. The Morgan fingerprint density at radius 2 is 1.80 bits per heavy atom. The van der Waals surface area contributed by atoms with Crippen molar-refractivity contribution in [2.75, 3.05) is 6.61 Å². The largest absolute Gasteiger partial charge is 0.374 e. The molecule has 1 saturated heterocycles. The van der Waals surface area contributed by atoms with Gasteiger partial charge in [-0.05, 0) is 57.7 Å². The van der Waals surface area contributed by atoms with Crippen LogP contribution in [0.1, 0.15) is 59.8 Å². The second-order valence-electron chi connectivity index (χ2n) is 8.45.